The van der Waals surface area contributed by atoms with Gasteiger partial charge in [-0.1, -0.05) is 16.9 Å². The molecule has 2 atom stereocenters. The van der Waals surface area contributed by atoms with Crippen molar-refractivity contribution < 1.29 is 24.3 Å². The molecule has 2 aliphatic rings. The maximum Gasteiger partial charge on any atom is 0.352 e. The molecular weight excluding hydrogens is 488 g/mol. The van der Waals surface area contributed by atoms with Crippen molar-refractivity contribution in [1.29, 1.82) is 0 Å². The lowest BCUT2D eigenvalue weighted by Gasteiger charge is -2.49. The molecule has 0 radical (unpaired) electrons. The largest absolute Gasteiger partial charge is 0.477 e. The topological polar surface area (TPSA) is 204 Å². The molecule has 1 saturated heterocycles. The molecule has 2 amide bonds. The number of rotatable bonds is 8. The molecule has 0 spiro atoms. The number of carbonyl (C=O) groups excluding carboxylic acids is 2. The van der Waals surface area contributed by atoms with Gasteiger partial charge in [0, 0.05) is 24.8 Å². The highest BCUT2D eigenvalue weighted by Crippen LogP contribution is 2.41. The van der Waals surface area contributed by atoms with Crippen LogP contribution in [0.15, 0.2) is 33.8 Å². The minimum atomic E-state index is -1.23. The summed E-state index contributed by atoms with van der Waals surface area (Å²) in [5, 5.41) is 27.1. The number of β-lactam (4-membered cyclic amide) rings is 1. The molecular formula is C17H18N10O5S2. The lowest BCUT2D eigenvalue weighted by Crippen LogP contribution is -2.71. The lowest BCUT2D eigenvalue weighted by atomic mass is 10.0. The van der Waals surface area contributed by atoms with Crippen LogP contribution in [0.2, 0.25) is 0 Å². The predicted molar refractivity (Wildman–Crippen MR) is 119 cm³/mol. The van der Waals surface area contributed by atoms with E-state index in [2.05, 4.69) is 36.0 Å². The Hall–Kier alpha value is -3.73. The van der Waals surface area contributed by atoms with E-state index in [1.165, 1.54) is 52.5 Å². The highest BCUT2D eigenvalue weighted by atomic mass is 32.2. The summed E-state index contributed by atoms with van der Waals surface area (Å²) in [6.45, 7) is 0. The van der Waals surface area contributed by atoms with Crippen molar-refractivity contribution in [3.63, 3.8) is 0 Å². The first-order chi connectivity index (χ1) is 16.3. The van der Waals surface area contributed by atoms with Gasteiger partial charge in [-0.3, -0.25) is 14.5 Å². The number of carboxylic acid groups (broad SMARTS) is 1. The Morgan fingerprint density at radius 1 is 1.47 bits per heavy atom. The maximum absolute atomic E-state index is 12.9. The molecule has 4 N–H and O–H groups in total. The van der Waals surface area contributed by atoms with Gasteiger partial charge in [0.1, 0.15) is 29.9 Å². The molecule has 0 aliphatic carbocycles. The standard InChI is InChI=1S/C17H18N10O5S2/c1-26-17(22-24-25-26)34-6-7-5-33-14-10(13(29)27(14)11(7)15(30)31)21-12(28)9(23-32-2)8-3-4-19-16(18)20-8/h3-4,10,14H,5-6H2,1-2H3,(H,21,28)(H,30,31)(H2,18,19,20)/b23-9+. The third-order valence-electron chi connectivity index (χ3n) is 4.81. The molecule has 1 fully saturated rings. The van der Waals surface area contributed by atoms with Crippen LogP contribution in [0.1, 0.15) is 5.69 Å². The average Bonchev–Trinajstić information content (AvgIpc) is 3.23. The number of tetrazole rings is 1. The number of aryl methyl sites for hydroxylation is 1. The van der Waals surface area contributed by atoms with Crippen LogP contribution in [-0.2, 0) is 26.3 Å². The number of nitrogens with two attached hydrogens (primary N) is 1. The van der Waals surface area contributed by atoms with E-state index < -0.39 is 29.2 Å². The smallest absolute Gasteiger partial charge is 0.352 e. The van der Waals surface area contributed by atoms with Gasteiger partial charge in [-0.25, -0.2) is 19.4 Å². The van der Waals surface area contributed by atoms with E-state index >= 15 is 0 Å². The third-order valence-corrected chi connectivity index (χ3v) is 7.24. The Kier molecular flexibility index (Phi) is 6.64. The fraction of sp³-hybridized carbons (Fsp3) is 0.353. The molecule has 0 aromatic carbocycles. The minimum absolute atomic E-state index is 0.0680. The molecule has 15 nitrogen and oxygen atoms in total. The van der Waals surface area contributed by atoms with Crippen molar-refractivity contribution in [2.45, 2.75) is 16.6 Å². The number of oxime groups is 1. The number of nitrogen functional groups attached to an aromatic ring is 1. The van der Waals surface area contributed by atoms with E-state index in [0.717, 1.165) is 0 Å². The summed E-state index contributed by atoms with van der Waals surface area (Å²) < 4.78 is 1.47. The zero-order chi connectivity index (χ0) is 24.4. The van der Waals surface area contributed by atoms with Crippen molar-refractivity contribution in [2.24, 2.45) is 12.2 Å². The predicted octanol–water partition coefficient (Wildman–Crippen LogP) is -1.54. The third kappa shape index (κ3) is 4.38. The summed E-state index contributed by atoms with van der Waals surface area (Å²) in [6, 6.07) is 0.463. The fourth-order valence-electron chi connectivity index (χ4n) is 3.30. The summed E-state index contributed by atoms with van der Waals surface area (Å²) in [4.78, 5) is 51.4. The second-order valence-corrected chi connectivity index (χ2v) is 8.96. The fourth-order valence-corrected chi connectivity index (χ4v) is 5.64. The average molecular weight is 507 g/mol. The number of fused-ring (bicyclic) bond motifs is 1. The monoisotopic (exact) mass is 506 g/mol. The minimum Gasteiger partial charge on any atom is -0.477 e. The zero-order valence-electron chi connectivity index (χ0n) is 17.8. The van der Waals surface area contributed by atoms with Crippen molar-refractivity contribution >= 4 is 53.0 Å². The summed E-state index contributed by atoms with van der Waals surface area (Å²) in [7, 11) is 2.93. The number of thioether (sulfide) groups is 2. The van der Waals surface area contributed by atoms with E-state index in [-0.39, 0.29) is 28.8 Å². The highest BCUT2D eigenvalue weighted by molar-refractivity contribution is 8.01. The molecule has 2 unspecified atom stereocenters. The lowest BCUT2D eigenvalue weighted by molar-refractivity contribution is -0.150. The van der Waals surface area contributed by atoms with Gasteiger partial charge in [-0.2, -0.15) is 0 Å². The Bertz CT molecular complexity index is 1210. The number of carboxylic acids is 1. The molecule has 4 heterocycles. The molecule has 34 heavy (non-hydrogen) atoms. The molecule has 2 aliphatic heterocycles. The Balaban J connectivity index is 1.50. The summed E-state index contributed by atoms with van der Waals surface area (Å²) >= 11 is 2.60. The van der Waals surface area contributed by atoms with Gasteiger partial charge in [-0.05, 0) is 22.1 Å². The van der Waals surface area contributed by atoms with Crippen molar-refractivity contribution in [3.05, 3.63) is 29.2 Å². The molecule has 0 saturated carbocycles. The van der Waals surface area contributed by atoms with Gasteiger partial charge in [0.25, 0.3) is 11.8 Å². The number of amides is 2. The van der Waals surface area contributed by atoms with Crippen LogP contribution in [-0.4, -0.2) is 93.7 Å². The van der Waals surface area contributed by atoms with E-state index in [1.807, 2.05) is 0 Å². The number of hydrogen-bond acceptors (Lipinski definition) is 13. The SMILES string of the molecule is CO/N=C(/C(=O)NC1C(=O)N2C(C(=O)O)=C(CSc3nnnn3C)CSC12)c1ccnc(N)n1. The van der Waals surface area contributed by atoms with Crippen LogP contribution in [0.5, 0.6) is 0 Å². The van der Waals surface area contributed by atoms with Gasteiger partial charge in [0.2, 0.25) is 11.1 Å². The van der Waals surface area contributed by atoms with Gasteiger partial charge >= 0.3 is 5.97 Å². The first kappa shape index (κ1) is 23.4. The Morgan fingerprint density at radius 3 is 2.91 bits per heavy atom. The van der Waals surface area contributed by atoms with Crippen LogP contribution in [0.25, 0.3) is 0 Å². The number of anilines is 1. The molecule has 2 aromatic rings. The maximum atomic E-state index is 12.9. The Labute approximate surface area is 200 Å². The number of hydrogen-bond donors (Lipinski definition) is 3. The highest BCUT2D eigenvalue weighted by Gasteiger charge is 2.54. The summed E-state index contributed by atoms with van der Waals surface area (Å²) in [5.74, 6) is -1.94. The molecule has 2 aromatic heterocycles. The molecule has 0 bridgehead atoms. The van der Waals surface area contributed by atoms with E-state index in [9.17, 15) is 19.5 Å². The van der Waals surface area contributed by atoms with Gasteiger partial charge in [0.15, 0.2) is 5.71 Å². The van der Waals surface area contributed by atoms with Gasteiger partial charge < -0.3 is 21.0 Å². The molecule has 178 valence electrons. The van der Waals surface area contributed by atoms with Crippen LogP contribution in [0, 0.1) is 0 Å². The number of nitrogens with one attached hydrogen (secondary N) is 1. The van der Waals surface area contributed by atoms with Crippen molar-refractivity contribution in [1.82, 2.24) is 40.4 Å². The van der Waals surface area contributed by atoms with Crippen molar-refractivity contribution in [3.8, 4) is 0 Å². The quantitative estimate of drug-likeness (QED) is 0.161. The Morgan fingerprint density at radius 2 is 2.26 bits per heavy atom. The van der Waals surface area contributed by atoms with E-state index in [4.69, 9.17) is 10.6 Å². The van der Waals surface area contributed by atoms with Crippen LogP contribution in [0.3, 0.4) is 0 Å². The van der Waals surface area contributed by atoms with Crippen molar-refractivity contribution in [2.75, 3.05) is 24.3 Å². The molecule has 4 rings (SSSR count). The number of carbonyl (C=O) groups is 3. The van der Waals surface area contributed by atoms with E-state index in [0.29, 0.717) is 16.5 Å². The van der Waals surface area contributed by atoms with Crippen LogP contribution < -0.4 is 11.1 Å². The second-order valence-electron chi connectivity index (χ2n) is 6.91. The first-order valence-electron chi connectivity index (χ1n) is 9.57. The molecule has 17 heteroatoms. The van der Waals surface area contributed by atoms with Crippen LogP contribution >= 0.6 is 23.5 Å². The van der Waals surface area contributed by atoms with Gasteiger partial charge in [0.05, 0.1) is 0 Å². The number of aromatic nitrogens is 6. The number of nitrogens with zero attached hydrogens (tertiary/aromatic N) is 8. The van der Waals surface area contributed by atoms with Gasteiger partial charge in [-0.15, -0.1) is 16.9 Å². The normalized spacial score (nSPS) is 20.0. The second kappa shape index (κ2) is 9.64. The summed E-state index contributed by atoms with van der Waals surface area (Å²) in [5.41, 5.74) is 5.93. The zero-order valence-corrected chi connectivity index (χ0v) is 19.4. The summed E-state index contributed by atoms with van der Waals surface area (Å²) in [6.07, 6.45) is 1.35. The van der Waals surface area contributed by atoms with Crippen LogP contribution in [0.4, 0.5) is 5.95 Å². The van der Waals surface area contributed by atoms with E-state index in [1.54, 1.807) is 7.05 Å². The number of aliphatic carboxylic acids is 1. The first-order valence-corrected chi connectivity index (χ1v) is 11.6.